The number of hydrogen-bond acceptors (Lipinski definition) is 3. The number of anilines is 1. The summed E-state index contributed by atoms with van der Waals surface area (Å²) in [5.74, 6) is -0.0633. The number of para-hydroxylation sites is 1. The van der Waals surface area contributed by atoms with E-state index in [1.807, 2.05) is 54.6 Å². The highest BCUT2D eigenvalue weighted by atomic mass is 32.2. The van der Waals surface area contributed by atoms with Crippen molar-refractivity contribution >= 4 is 21.6 Å². The van der Waals surface area contributed by atoms with Gasteiger partial charge in [-0.15, -0.1) is 0 Å². The number of hydrogen-bond donors (Lipinski definition) is 1. The molecule has 0 atom stereocenters. The maximum atomic E-state index is 12.5. The van der Waals surface area contributed by atoms with E-state index >= 15 is 0 Å². The number of nitrogens with zero attached hydrogens (tertiary/aromatic N) is 1. The van der Waals surface area contributed by atoms with E-state index in [1.54, 1.807) is 0 Å². The molecule has 27 heavy (non-hydrogen) atoms. The summed E-state index contributed by atoms with van der Waals surface area (Å²) in [6.45, 7) is 4.24. The van der Waals surface area contributed by atoms with Gasteiger partial charge in [-0.2, -0.15) is 4.31 Å². The Bertz CT molecular complexity index is 849. The lowest BCUT2D eigenvalue weighted by Crippen LogP contribution is -2.38. The van der Waals surface area contributed by atoms with Crippen LogP contribution in [0.1, 0.15) is 37.3 Å². The van der Waals surface area contributed by atoms with Crippen LogP contribution in [0.2, 0.25) is 0 Å². The van der Waals surface area contributed by atoms with E-state index in [0.717, 1.165) is 29.5 Å². The molecule has 0 bridgehead atoms. The minimum Gasteiger partial charge on any atom is -0.325 e. The van der Waals surface area contributed by atoms with Gasteiger partial charge >= 0.3 is 0 Å². The number of benzene rings is 2. The summed E-state index contributed by atoms with van der Waals surface area (Å²) < 4.78 is 25.4. The predicted molar refractivity (Wildman–Crippen MR) is 110 cm³/mol. The molecule has 5 nitrogen and oxygen atoms in total. The lowest BCUT2D eigenvalue weighted by Gasteiger charge is -2.20. The molecule has 2 aromatic carbocycles. The lowest BCUT2D eigenvalue weighted by molar-refractivity contribution is -0.116. The average Bonchev–Trinajstić information content (AvgIpc) is 2.61. The van der Waals surface area contributed by atoms with Crippen LogP contribution in [0.3, 0.4) is 0 Å². The summed E-state index contributed by atoms with van der Waals surface area (Å²) in [4.78, 5) is 12.5. The molecular weight excluding hydrogens is 360 g/mol. The molecule has 1 N–H and O–H groups in total. The molecule has 2 rings (SSSR count). The number of amides is 1. The summed E-state index contributed by atoms with van der Waals surface area (Å²) in [5.41, 5.74) is 2.91. The highest BCUT2D eigenvalue weighted by Gasteiger charge is 2.20. The molecule has 0 spiro atoms. The van der Waals surface area contributed by atoms with Crippen molar-refractivity contribution in [2.45, 2.75) is 32.6 Å². The molecule has 1 amide bonds. The molecule has 0 aliphatic carbocycles. The smallest absolute Gasteiger partial charge is 0.239 e. The van der Waals surface area contributed by atoms with E-state index in [4.69, 9.17) is 0 Å². The molecule has 0 fully saturated rings. The third-order valence-electron chi connectivity index (χ3n) is 4.36. The van der Waals surface area contributed by atoms with Crippen molar-refractivity contribution in [1.82, 2.24) is 4.31 Å². The highest BCUT2D eigenvalue weighted by molar-refractivity contribution is 7.88. The number of sulfonamides is 1. The SMILES string of the molecule is CC(C)c1ccccc1NC(=O)CN(CCCc1ccccc1)S(C)(=O)=O. The Labute approximate surface area is 162 Å². The summed E-state index contributed by atoms with van der Waals surface area (Å²) >= 11 is 0. The van der Waals surface area contributed by atoms with Gasteiger partial charge in [-0.25, -0.2) is 8.42 Å². The molecular formula is C21H28N2O3S. The van der Waals surface area contributed by atoms with Crippen LogP contribution in [0.4, 0.5) is 5.69 Å². The van der Waals surface area contributed by atoms with Gasteiger partial charge in [-0.3, -0.25) is 4.79 Å². The lowest BCUT2D eigenvalue weighted by atomic mass is 10.0. The van der Waals surface area contributed by atoms with E-state index in [1.165, 1.54) is 4.31 Å². The Hall–Kier alpha value is -2.18. The van der Waals surface area contributed by atoms with Crippen LogP contribution in [0.15, 0.2) is 54.6 Å². The Morgan fingerprint density at radius 2 is 1.67 bits per heavy atom. The van der Waals surface area contributed by atoms with Gasteiger partial charge in [0.1, 0.15) is 0 Å². The first-order valence-electron chi connectivity index (χ1n) is 9.15. The minimum absolute atomic E-state index is 0.181. The maximum Gasteiger partial charge on any atom is 0.239 e. The van der Waals surface area contributed by atoms with Gasteiger partial charge in [0.05, 0.1) is 12.8 Å². The summed E-state index contributed by atoms with van der Waals surface area (Å²) in [7, 11) is -3.46. The molecule has 146 valence electrons. The fraction of sp³-hybridized carbons (Fsp3) is 0.381. The number of carbonyl (C=O) groups excluding carboxylic acids is 1. The van der Waals surface area contributed by atoms with Crippen molar-refractivity contribution < 1.29 is 13.2 Å². The van der Waals surface area contributed by atoms with E-state index in [9.17, 15) is 13.2 Å². The van der Waals surface area contributed by atoms with Crippen molar-refractivity contribution in [2.75, 3.05) is 24.7 Å². The third kappa shape index (κ3) is 6.81. The van der Waals surface area contributed by atoms with Crippen LogP contribution in [-0.2, 0) is 21.2 Å². The van der Waals surface area contributed by atoms with Crippen LogP contribution < -0.4 is 5.32 Å². The Morgan fingerprint density at radius 1 is 1.04 bits per heavy atom. The summed E-state index contributed by atoms with van der Waals surface area (Å²) in [5, 5.41) is 2.86. The highest BCUT2D eigenvalue weighted by Crippen LogP contribution is 2.23. The zero-order valence-electron chi connectivity index (χ0n) is 16.2. The van der Waals surface area contributed by atoms with Gasteiger partial charge in [0.15, 0.2) is 0 Å². The van der Waals surface area contributed by atoms with Crippen molar-refractivity contribution in [2.24, 2.45) is 0 Å². The number of rotatable bonds is 9. The molecule has 6 heteroatoms. The first kappa shape index (κ1) is 21.1. The molecule has 0 heterocycles. The standard InChI is InChI=1S/C21H28N2O3S/c1-17(2)19-13-7-8-14-20(19)22-21(24)16-23(27(3,25)26)15-9-12-18-10-5-4-6-11-18/h4-8,10-11,13-14,17H,9,12,15-16H2,1-3H3,(H,22,24). The second-order valence-electron chi connectivity index (χ2n) is 6.98. The average molecular weight is 389 g/mol. The zero-order valence-corrected chi connectivity index (χ0v) is 17.0. The molecule has 0 saturated carbocycles. The van der Waals surface area contributed by atoms with Gasteiger partial charge in [0, 0.05) is 12.2 Å². The molecule has 0 aromatic heterocycles. The zero-order chi connectivity index (χ0) is 19.9. The van der Waals surface area contributed by atoms with Crippen LogP contribution >= 0.6 is 0 Å². The van der Waals surface area contributed by atoms with Crippen LogP contribution in [-0.4, -0.2) is 38.0 Å². The normalized spacial score (nSPS) is 11.7. The molecule has 0 saturated heterocycles. The second kappa shape index (κ2) is 9.67. The fourth-order valence-electron chi connectivity index (χ4n) is 2.93. The van der Waals surface area contributed by atoms with Crippen molar-refractivity contribution in [3.8, 4) is 0 Å². The second-order valence-corrected chi connectivity index (χ2v) is 8.96. The molecule has 0 aliphatic heterocycles. The molecule has 0 unspecified atom stereocenters. The maximum absolute atomic E-state index is 12.5. The number of nitrogens with one attached hydrogen (secondary N) is 1. The van der Waals surface area contributed by atoms with Gasteiger partial charge in [-0.1, -0.05) is 62.4 Å². The van der Waals surface area contributed by atoms with Gasteiger partial charge in [0.25, 0.3) is 0 Å². The van der Waals surface area contributed by atoms with Crippen molar-refractivity contribution in [1.29, 1.82) is 0 Å². The van der Waals surface area contributed by atoms with E-state index in [-0.39, 0.29) is 18.4 Å². The van der Waals surface area contributed by atoms with Crippen molar-refractivity contribution in [3.63, 3.8) is 0 Å². The monoisotopic (exact) mass is 388 g/mol. The first-order chi connectivity index (χ1) is 12.8. The Kier molecular flexibility index (Phi) is 7.56. The van der Waals surface area contributed by atoms with Crippen LogP contribution in [0.5, 0.6) is 0 Å². The number of aryl methyl sites for hydroxylation is 1. The largest absolute Gasteiger partial charge is 0.325 e. The molecule has 0 aliphatic rings. The van der Waals surface area contributed by atoms with Gasteiger partial charge < -0.3 is 5.32 Å². The van der Waals surface area contributed by atoms with Gasteiger partial charge in [0.2, 0.25) is 15.9 Å². The van der Waals surface area contributed by atoms with E-state index in [2.05, 4.69) is 19.2 Å². The molecule has 2 aromatic rings. The van der Waals surface area contributed by atoms with Crippen LogP contribution in [0.25, 0.3) is 0 Å². The van der Waals surface area contributed by atoms with Crippen molar-refractivity contribution in [3.05, 3.63) is 65.7 Å². The Morgan fingerprint density at radius 3 is 2.30 bits per heavy atom. The predicted octanol–water partition coefficient (Wildman–Crippen LogP) is 3.64. The fourth-order valence-corrected chi connectivity index (χ4v) is 3.74. The third-order valence-corrected chi connectivity index (χ3v) is 5.61. The van der Waals surface area contributed by atoms with E-state index < -0.39 is 10.0 Å². The summed E-state index contributed by atoms with van der Waals surface area (Å²) in [6.07, 6.45) is 2.57. The number of carbonyl (C=O) groups is 1. The van der Waals surface area contributed by atoms with E-state index in [0.29, 0.717) is 13.0 Å². The topological polar surface area (TPSA) is 66.5 Å². The first-order valence-corrected chi connectivity index (χ1v) is 11.0. The van der Waals surface area contributed by atoms with Crippen LogP contribution in [0, 0.1) is 0 Å². The quantitative estimate of drug-likeness (QED) is 0.713. The summed E-state index contributed by atoms with van der Waals surface area (Å²) in [6, 6.07) is 17.5. The Balaban J connectivity index is 1.98. The minimum atomic E-state index is -3.46. The molecule has 0 radical (unpaired) electrons. The van der Waals surface area contributed by atoms with Gasteiger partial charge in [-0.05, 0) is 36.0 Å².